The Morgan fingerprint density at radius 3 is 2.89 bits per heavy atom. The van der Waals surface area contributed by atoms with Gasteiger partial charge in [-0.05, 0) is 28.8 Å². The van der Waals surface area contributed by atoms with Crippen LogP contribution in [0.3, 0.4) is 0 Å². The molecule has 0 spiro atoms. The second kappa shape index (κ2) is 5.76. The molecule has 19 heavy (non-hydrogen) atoms. The van der Waals surface area contributed by atoms with Gasteiger partial charge in [-0.1, -0.05) is 46.3 Å². The van der Waals surface area contributed by atoms with Crippen LogP contribution in [0, 0.1) is 0 Å². The molecule has 0 atom stereocenters. The molecule has 0 saturated carbocycles. The van der Waals surface area contributed by atoms with Crippen LogP contribution in [-0.2, 0) is 19.5 Å². The molecule has 1 aliphatic rings. The van der Waals surface area contributed by atoms with E-state index in [-0.39, 0.29) is 0 Å². The highest BCUT2D eigenvalue weighted by atomic mass is 79.9. The minimum atomic E-state index is 0.823. The second-order valence-corrected chi connectivity index (χ2v) is 5.59. The van der Waals surface area contributed by atoms with Crippen LogP contribution in [0.4, 0.5) is 0 Å². The van der Waals surface area contributed by atoms with Gasteiger partial charge in [0.1, 0.15) is 5.75 Å². The van der Waals surface area contributed by atoms with Gasteiger partial charge in [0, 0.05) is 24.0 Å². The first-order chi connectivity index (χ1) is 9.33. The van der Waals surface area contributed by atoms with Crippen molar-refractivity contribution in [2.75, 3.05) is 6.61 Å². The van der Waals surface area contributed by atoms with E-state index in [9.17, 15) is 0 Å². The van der Waals surface area contributed by atoms with Crippen LogP contribution in [0.25, 0.3) is 0 Å². The normalized spacial score (nSPS) is 13.1. The van der Waals surface area contributed by atoms with Crippen LogP contribution in [0.1, 0.15) is 16.7 Å². The Hall–Kier alpha value is -1.32. The minimum Gasteiger partial charge on any atom is -0.493 e. The summed E-state index contributed by atoms with van der Waals surface area (Å²) in [5.41, 5.74) is 3.93. The molecule has 3 heteroatoms. The summed E-state index contributed by atoms with van der Waals surface area (Å²) >= 11 is 3.57. The van der Waals surface area contributed by atoms with Gasteiger partial charge in [0.05, 0.1) is 6.61 Å². The van der Waals surface area contributed by atoms with Gasteiger partial charge in [-0.2, -0.15) is 0 Å². The van der Waals surface area contributed by atoms with Gasteiger partial charge < -0.3 is 10.1 Å². The smallest absolute Gasteiger partial charge is 0.122 e. The average molecular weight is 318 g/mol. The highest BCUT2D eigenvalue weighted by Gasteiger charge is 2.11. The number of benzene rings is 2. The molecule has 1 N–H and O–H groups in total. The van der Waals surface area contributed by atoms with Gasteiger partial charge in [-0.15, -0.1) is 0 Å². The van der Waals surface area contributed by atoms with Crippen molar-refractivity contribution in [1.82, 2.24) is 5.32 Å². The molecule has 0 amide bonds. The van der Waals surface area contributed by atoms with Gasteiger partial charge in [0.25, 0.3) is 0 Å². The predicted molar refractivity (Wildman–Crippen MR) is 80.3 cm³/mol. The Labute approximate surface area is 121 Å². The van der Waals surface area contributed by atoms with E-state index in [0.717, 1.165) is 36.3 Å². The molecule has 0 aromatic heterocycles. The Balaban J connectivity index is 1.59. The van der Waals surface area contributed by atoms with Crippen molar-refractivity contribution in [1.29, 1.82) is 0 Å². The fourth-order valence-electron chi connectivity index (χ4n) is 2.33. The van der Waals surface area contributed by atoms with Gasteiger partial charge in [0.15, 0.2) is 0 Å². The number of fused-ring (bicyclic) bond motifs is 1. The SMILES string of the molecule is Brc1ccccc1CNCc1ccc2c(c1)CCO2. The molecule has 1 aliphatic heterocycles. The van der Waals surface area contributed by atoms with Crippen molar-refractivity contribution >= 4 is 15.9 Å². The summed E-state index contributed by atoms with van der Waals surface area (Å²) in [7, 11) is 0. The van der Waals surface area contributed by atoms with Gasteiger partial charge in [-0.3, -0.25) is 0 Å². The summed E-state index contributed by atoms with van der Waals surface area (Å²) in [6.07, 6.45) is 1.04. The Morgan fingerprint density at radius 1 is 1.11 bits per heavy atom. The second-order valence-electron chi connectivity index (χ2n) is 4.74. The number of hydrogen-bond acceptors (Lipinski definition) is 2. The summed E-state index contributed by atoms with van der Waals surface area (Å²) in [5, 5.41) is 3.48. The van der Waals surface area contributed by atoms with E-state index in [0.29, 0.717) is 0 Å². The van der Waals surface area contributed by atoms with Gasteiger partial charge in [0.2, 0.25) is 0 Å². The molecule has 2 aromatic rings. The van der Waals surface area contributed by atoms with Crippen LogP contribution < -0.4 is 10.1 Å². The van der Waals surface area contributed by atoms with E-state index >= 15 is 0 Å². The number of rotatable bonds is 4. The van der Waals surface area contributed by atoms with E-state index in [1.165, 1.54) is 16.7 Å². The molecule has 3 rings (SSSR count). The maximum absolute atomic E-state index is 5.52. The highest BCUT2D eigenvalue weighted by Crippen LogP contribution is 2.25. The molecule has 0 fully saturated rings. The zero-order valence-electron chi connectivity index (χ0n) is 10.7. The Kier molecular flexibility index (Phi) is 3.85. The minimum absolute atomic E-state index is 0.823. The van der Waals surface area contributed by atoms with Crippen molar-refractivity contribution in [2.45, 2.75) is 19.5 Å². The van der Waals surface area contributed by atoms with E-state index in [2.05, 4.69) is 57.6 Å². The lowest BCUT2D eigenvalue weighted by Crippen LogP contribution is -2.13. The highest BCUT2D eigenvalue weighted by molar-refractivity contribution is 9.10. The lowest BCUT2D eigenvalue weighted by atomic mass is 10.1. The maximum Gasteiger partial charge on any atom is 0.122 e. The van der Waals surface area contributed by atoms with E-state index in [1.807, 2.05) is 6.07 Å². The molecular weight excluding hydrogens is 302 g/mol. The van der Waals surface area contributed by atoms with Gasteiger partial charge in [-0.25, -0.2) is 0 Å². The van der Waals surface area contributed by atoms with Crippen molar-refractivity contribution in [3.63, 3.8) is 0 Å². The molecule has 0 aliphatic carbocycles. The predicted octanol–water partition coefficient (Wildman–Crippen LogP) is 3.67. The number of halogens is 1. The molecule has 0 bridgehead atoms. The van der Waals surface area contributed by atoms with Crippen molar-refractivity contribution in [2.24, 2.45) is 0 Å². The van der Waals surface area contributed by atoms with Gasteiger partial charge >= 0.3 is 0 Å². The number of hydrogen-bond donors (Lipinski definition) is 1. The third-order valence-corrected chi connectivity index (χ3v) is 4.13. The summed E-state index contributed by atoms with van der Waals surface area (Å²) in [4.78, 5) is 0. The first-order valence-electron chi connectivity index (χ1n) is 6.51. The molecule has 1 heterocycles. The van der Waals surface area contributed by atoms with Crippen LogP contribution in [0.5, 0.6) is 5.75 Å². The quantitative estimate of drug-likeness (QED) is 0.929. The summed E-state index contributed by atoms with van der Waals surface area (Å²) < 4.78 is 6.67. The monoisotopic (exact) mass is 317 g/mol. The summed E-state index contributed by atoms with van der Waals surface area (Å²) in [5.74, 6) is 1.05. The lowest BCUT2D eigenvalue weighted by Gasteiger charge is -2.08. The topological polar surface area (TPSA) is 21.3 Å². The third kappa shape index (κ3) is 2.99. The summed E-state index contributed by atoms with van der Waals surface area (Å²) in [6.45, 7) is 2.58. The third-order valence-electron chi connectivity index (χ3n) is 3.36. The lowest BCUT2D eigenvalue weighted by molar-refractivity contribution is 0.357. The molecule has 0 unspecified atom stereocenters. The molecule has 2 aromatic carbocycles. The first kappa shape index (κ1) is 12.7. The Morgan fingerprint density at radius 2 is 2.00 bits per heavy atom. The van der Waals surface area contributed by atoms with Crippen LogP contribution >= 0.6 is 15.9 Å². The summed E-state index contributed by atoms with van der Waals surface area (Å²) in [6, 6.07) is 14.8. The number of nitrogens with one attached hydrogen (secondary N) is 1. The molecule has 0 radical (unpaired) electrons. The van der Waals surface area contributed by atoms with E-state index in [1.54, 1.807) is 0 Å². The molecule has 2 nitrogen and oxygen atoms in total. The van der Waals surface area contributed by atoms with Crippen LogP contribution in [0.15, 0.2) is 46.9 Å². The first-order valence-corrected chi connectivity index (χ1v) is 7.31. The Bertz CT molecular complexity index is 583. The fraction of sp³-hybridized carbons (Fsp3) is 0.250. The zero-order valence-corrected chi connectivity index (χ0v) is 12.2. The largest absolute Gasteiger partial charge is 0.493 e. The van der Waals surface area contributed by atoms with Crippen molar-refractivity contribution in [3.8, 4) is 5.75 Å². The maximum atomic E-state index is 5.52. The zero-order chi connectivity index (χ0) is 13.1. The van der Waals surface area contributed by atoms with E-state index in [4.69, 9.17) is 4.74 Å². The molecular formula is C16H16BrNO. The standard InChI is InChI=1S/C16H16BrNO/c17-15-4-2-1-3-14(15)11-18-10-12-5-6-16-13(9-12)7-8-19-16/h1-6,9,18H,7-8,10-11H2. The van der Waals surface area contributed by atoms with Crippen molar-refractivity contribution in [3.05, 3.63) is 63.6 Å². The fourth-order valence-corrected chi connectivity index (χ4v) is 2.76. The molecule has 98 valence electrons. The van der Waals surface area contributed by atoms with Crippen LogP contribution in [-0.4, -0.2) is 6.61 Å². The van der Waals surface area contributed by atoms with E-state index < -0.39 is 0 Å². The molecule has 0 saturated heterocycles. The van der Waals surface area contributed by atoms with Crippen LogP contribution in [0.2, 0.25) is 0 Å². The van der Waals surface area contributed by atoms with Crippen molar-refractivity contribution < 1.29 is 4.74 Å². The number of ether oxygens (including phenoxy) is 1. The average Bonchev–Trinajstić information content (AvgIpc) is 2.88.